The molecule has 2 aliphatic rings. The second-order valence-corrected chi connectivity index (χ2v) is 5.83. The van der Waals surface area contributed by atoms with Crippen molar-refractivity contribution in [3.05, 3.63) is 0 Å². The number of carbonyl (C=O) groups is 2. The van der Waals surface area contributed by atoms with Gasteiger partial charge in [0.2, 0.25) is 5.91 Å². The van der Waals surface area contributed by atoms with Crippen LogP contribution in [0.15, 0.2) is 0 Å². The second kappa shape index (κ2) is 4.20. The maximum Gasteiger partial charge on any atom is 0.408 e. The highest BCUT2D eigenvalue weighted by molar-refractivity contribution is 5.88. The third kappa shape index (κ3) is 2.70. The van der Waals surface area contributed by atoms with Gasteiger partial charge < -0.3 is 15.4 Å². The zero-order valence-corrected chi connectivity index (χ0v) is 10.6. The van der Waals surface area contributed by atoms with Crippen molar-refractivity contribution in [2.75, 3.05) is 0 Å². The molecule has 0 aromatic rings. The van der Waals surface area contributed by atoms with Crippen LogP contribution in [-0.4, -0.2) is 29.7 Å². The minimum atomic E-state index is -0.533. The molecular weight excluding hydrogens is 220 g/mol. The lowest BCUT2D eigenvalue weighted by atomic mass is 9.99. The first-order chi connectivity index (χ1) is 7.87. The average molecular weight is 240 g/mol. The van der Waals surface area contributed by atoms with Crippen molar-refractivity contribution < 1.29 is 14.3 Å². The fraction of sp³-hybridized carbons (Fsp3) is 0.833. The lowest BCUT2D eigenvalue weighted by molar-refractivity contribution is -0.121. The first-order valence-corrected chi connectivity index (χ1v) is 6.17. The lowest BCUT2D eigenvalue weighted by Crippen LogP contribution is -2.45. The monoisotopic (exact) mass is 240 g/mol. The fourth-order valence-corrected chi connectivity index (χ4v) is 2.64. The Balaban J connectivity index is 1.94. The summed E-state index contributed by atoms with van der Waals surface area (Å²) in [6, 6.07) is -0.181. The number of ether oxygens (including phenoxy) is 1. The molecule has 1 aliphatic heterocycles. The summed E-state index contributed by atoms with van der Waals surface area (Å²) in [4.78, 5) is 23.3. The van der Waals surface area contributed by atoms with E-state index >= 15 is 0 Å². The lowest BCUT2D eigenvalue weighted by Gasteiger charge is -2.22. The van der Waals surface area contributed by atoms with Gasteiger partial charge in [-0.25, -0.2) is 4.79 Å². The summed E-state index contributed by atoms with van der Waals surface area (Å²) in [7, 11) is 0. The molecule has 17 heavy (non-hydrogen) atoms. The molecular formula is C12H20N2O3. The Kier molecular flexibility index (Phi) is 3.02. The van der Waals surface area contributed by atoms with Crippen LogP contribution in [0.1, 0.15) is 40.0 Å². The van der Waals surface area contributed by atoms with Crippen LogP contribution >= 0.6 is 0 Å². The molecule has 1 aliphatic carbocycles. The molecule has 0 aromatic heterocycles. The van der Waals surface area contributed by atoms with E-state index in [1.54, 1.807) is 20.8 Å². The van der Waals surface area contributed by atoms with Crippen molar-refractivity contribution in [3.63, 3.8) is 0 Å². The van der Waals surface area contributed by atoms with Gasteiger partial charge in [-0.15, -0.1) is 0 Å². The molecule has 1 heterocycles. The van der Waals surface area contributed by atoms with E-state index in [1.165, 1.54) is 0 Å². The highest BCUT2D eigenvalue weighted by Gasteiger charge is 2.45. The van der Waals surface area contributed by atoms with Crippen molar-refractivity contribution in [3.8, 4) is 0 Å². The molecule has 2 rings (SSSR count). The van der Waals surface area contributed by atoms with Crippen LogP contribution in [0.2, 0.25) is 0 Å². The van der Waals surface area contributed by atoms with E-state index in [0.717, 1.165) is 19.3 Å². The predicted octanol–water partition coefficient (Wildman–Crippen LogP) is 1.18. The SMILES string of the molecule is CC(C)(C)OC(=O)N[C@H]1C(=O)N[C@@H]2CCC[C@@H]21. The Bertz CT molecular complexity index is 335. The summed E-state index contributed by atoms with van der Waals surface area (Å²) >= 11 is 0. The molecule has 2 fully saturated rings. The quantitative estimate of drug-likeness (QED) is 0.723. The van der Waals surface area contributed by atoms with E-state index in [4.69, 9.17) is 4.74 Å². The number of hydrogen-bond donors (Lipinski definition) is 2. The Morgan fingerprint density at radius 1 is 1.41 bits per heavy atom. The van der Waals surface area contributed by atoms with E-state index in [0.29, 0.717) is 0 Å². The zero-order valence-electron chi connectivity index (χ0n) is 10.6. The van der Waals surface area contributed by atoms with Gasteiger partial charge in [-0.3, -0.25) is 4.79 Å². The maximum atomic E-state index is 11.7. The summed E-state index contributed by atoms with van der Waals surface area (Å²) < 4.78 is 5.17. The largest absolute Gasteiger partial charge is 0.444 e. The number of nitrogens with one attached hydrogen (secondary N) is 2. The van der Waals surface area contributed by atoms with Crippen LogP contribution in [0.25, 0.3) is 0 Å². The van der Waals surface area contributed by atoms with E-state index in [1.807, 2.05) is 0 Å². The molecule has 96 valence electrons. The molecule has 3 atom stereocenters. The first kappa shape index (κ1) is 12.2. The molecule has 1 saturated heterocycles. The number of rotatable bonds is 1. The Labute approximate surface area is 101 Å². The van der Waals surface area contributed by atoms with Gasteiger partial charge in [0, 0.05) is 12.0 Å². The molecule has 0 unspecified atom stereocenters. The van der Waals surface area contributed by atoms with Gasteiger partial charge in [0.1, 0.15) is 11.6 Å². The van der Waals surface area contributed by atoms with Gasteiger partial charge in [0.25, 0.3) is 0 Å². The fourth-order valence-electron chi connectivity index (χ4n) is 2.64. The van der Waals surface area contributed by atoms with E-state index in [2.05, 4.69) is 10.6 Å². The van der Waals surface area contributed by atoms with Gasteiger partial charge in [-0.05, 0) is 33.6 Å². The van der Waals surface area contributed by atoms with E-state index in [9.17, 15) is 9.59 Å². The van der Waals surface area contributed by atoms with Crippen molar-refractivity contribution in [2.45, 2.75) is 57.7 Å². The number of fused-ring (bicyclic) bond motifs is 1. The van der Waals surface area contributed by atoms with Crippen LogP contribution in [0.4, 0.5) is 4.79 Å². The van der Waals surface area contributed by atoms with Crippen LogP contribution in [0.5, 0.6) is 0 Å². The molecule has 0 spiro atoms. The summed E-state index contributed by atoms with van der Waals surface area (Å²) in [5, 5.41) is 5.61. The summed E-state index contributed by atoms with van der Waals surface area (Å²) in [6.45, 7) is 5.42. The second-order valence-electron chi connectivity index (χ2n) is 5.83. The molecule has 5 nitrogen and oxygen atoms in total. The normalized spacial score (nSPS) is 31.9. The van der Waals surface area contributed by atoms with Crippen LogP contribution in [0, 0.1) is 5.92 Å². The predicted molar refractivity (Wildman–Crippen MR) is 62.4 cm³/mol. The number of hydrogen-bond acceptors (Lipinski definition) is 3. The molecule has 2 N–H and O–H groups in total. The number of carbonyl (C=O) groups excluding carboxylic acids is 2. The summed E-state index contributed by atoms with van der Waals surface area (Å²) in [5.41, 5.74) is -0.533. The van der Waals surface area contributed by atoms with Crippen LogP contribution in [0.3, 0.4) is 0 Å². The Hall–Kier alpha value is -1.26. The van der Waals surface area contributed by atoms with E-state index < -0.39 is 17.7 Å². The maximum absolute atomic E-state index is 11.7. The smallest absolute Gasteiger partial charge is 0.408 e. The Morgan fingerprint density at radius 2 is 2.12 bits per heavy atom. The van der Waals surface area contributed by atoms with Gasteiger partial charge in [0.05, 0.1) is 0 Å². The molecule has 0 radical (unpaired) electrons. The van der Waals surface area contributed by atoms with Crippen LogP contribution < -0.4 is 10.6 Å². The standard InChI is InChI=1S/C12H20N2O3/c1-12(2,3)17-11(16)14-9-7-5-4-6-8(7)13-10(9)15/h7-9H,4-6H2,1-3H3,(H,13,15)(H,14,16)/t7-,8+,9+/m0/s1. The van der Waals surface area contributed by atoms with E-state index in [-0.39, 0.29) is 17.9 Å². The Morgan fingerprint density at radius 3 is 2.76 bits per heavy atom. The van der Waals surface area contributed by atoms with Crippen molar-refractivity contribution in [2.24, 2.45) is 5.92 Å². The molecule has 0 aromatic carbocycles. The topological polar surface area (TPSA) is 67.4 Å². The molecule has 1 saturated carbocycles. The van der Waals surface area contributed by atoms with Gasteiger partial charge in [-0.1, -0.05) is 6.42 Å². The average Bonchev–Trinajstić information content (AvgIpc) is 2.67. The van der Waals surface area contributed by atoms with Gasteiger partial charge in [-0.2, -0.15) is 0 Å². The minimum Gasteiger partial charge on any atom is -0.444 e. The zero-order chi connectivity index (χ0) is 12.6. The first-order valence-electron chi connectivity index (χ1n) is 6.17. The van der Waals surface area contributed by atoms with Crippen molar-refractivity contribution >= 4 is 12.0 Å². The molecule has 5 heteroatoms. The van der Waals surface area contributed by atoms with Gasteiger partial charge in [0.15, 0.2) is 0 Å². The molecule has 2 amide bonds. The highest BCUT2D eigenvalue weighted by atomic mass is 16.6. The van der Waals surface area contributed by atoms with Crippen molar-refractivity contribution in [1.82, 2.24) is 10.6 Å². The van der Waals surface area contributed by atoms with Gasteiger partial charge >= 0.3 is 6.09 Å². The summed E-state index contributed by atoms with van der Waals surface area (Å²) in [6.07, 6.45) is 2.61. The number of alkyl carbamates (subject to hydrolysis) is 1. The molecule has 0 bridgehead atoms. The van der Waals surface area contributed by atoms with Crippen molar-refractivity contribution in [1.29, 1.82) is 0 Å². The number of amides is 2. The third-order valence-corrected chi connectivity index (χ3v) is 3.28. The third-order valence-electron chi connectivity index (χ3n) is 3.28. The minimum absolute atomic E-state index is 0.0782. The van der Waals surface area contributed by atoms with Crippen LogP contribution in [-0.2, 0) is 9.53 Å². The summed E-state index contributed by atoms with van der Waals surface area (Å²) in [5.74, 6) is 0.153. The highest BCUT2D eigenvalue weighted by Crippen LogP contribution is 2.32.